The number of allylic oxidation sites excluding steroid dienone is 1. The van der Waals surface area contributed by atoms with Crippen LogP contribution in [0, 0.1) is 13.8 Å². The molecule has 0 aliphatic rings. The number of benzene rings is 1. The Kier molecular flexibility index (Phi) is 3.87. The highest BCUT2D eigenvalue weighted by molar-refractivity contribution is 5.71. The van der Waals surface area contributed by atoms with E-state index in [9.17, 15) is 10.2 Å². The van der Waals surface area contributed by atoms with Crippen LogP contribution >= 0.6 is 0 Å². The molecule has 2 N–H and O–H groups in total. The van der Waals surface area contributed by atoms with Crippen LogP contribution in [-0.2, 0) is 0 Å². The fourth-order valence-corrected chi connectivity index (χ4v) is 1.64. The first-order valence-corrected chi connectivity index (χ1v) is 5.39. The molecule has 0 saturated heterocycles. The highest BCUT2D eigenvalue weighted by Crippen LogP contribution is 2.42. The van der Waals surface area contributed by atoms with Gasteiger partial charge in [-0.2, -0.15) is 0 Å². The van der Waals surface area contributed by atoms with Crippen LogP contribution in [0.4, 0.5) is 0 Å². The molecule has 0 bridgehead atoms. The van der Waals surface area contributed by atoms with Crippen molar-refractivity contribution in [1.82, 2.24) is 0 Å². The number of aromatic hydroxyl groups is 2. The normalized spacial score (nSPS) is 9.71. The number of rotatable bonds is 2. The van der Waals surface area contributed by atoms with Crippen molar-refractivity contribution in [2.45, 2.75) is 27.7 Å². The van der Waals surface area contributed by atoms with Gasteiger partial charge in [-0.1, -0.05) is 0 Å². The summed E-state index contributed by atoms with van der Waals surface area (Å²) in [4.78, 5) is 0. The second kappa shape index (κ2) is 4.98. The second-order valence-corrected chi connectivity index (χ2v) is 4.18. The van der Waals surface area contributed by atoms with Crippen LogP contribution in [0.2, 0.25) is 0 Å². The molecular weight excluding hydrogens is 216 g/mol. The summed E-state index contributed by atoms with van der Waals surface area (Å²) >= 11 is 0. The monoisotopic (exact) mass is 234 g/mol. The van der Waals surface area contributed by atoms with E-state index in [-0.39, 0.29) is 11.5 Å². The molecule has 0 aliphatic carbocycles. The van der Waals surface area contributed by atoms with Crippen molar-refractivity contribution in [3.8, 4) is 17.2 Å². The zero-order valence-corrected chi connectivity index (χ0v) is 10.9. The Bertz CT molecular complexity index is 503. The van der Waals surface area contributed by atoms with Crippen molar-refractivity contribution in [2.24, 2.45) is 0 Å². The van der Waals surface area contributed by atoms with E-state index < -0.39 is 0 Å². The number of methoxy groups -OCH3 is 1. The van der Waals surface area contributed by atoms with Gasteiger partial charge >= 0.3 is 0 Å². The maximum atomic E-state index is 10.1. The zero-order valence-electron chi connectivity index (χ0n) is 10.9. The number of hydrogen-bond acceptors (Lipinski definition) is 3. The molecule has 0 radical (unpaired) electrons. The summed E-state index contributed by atoms with van der Waals surface area (Å²) in [5.41, 5.74) is 5.69. The fourth-order valence-electron chi connectivity index (χ4n) is 1.64. The third kappa shape index (κ3) is 2.45. The zero-order chi connectivity index (χ0) is 13.2. The van der Waals surface area contributed by atoms with Crippen molar-refractivity contribution in [3.05, 3.63) is 28.0 Å². The third-order valence-corrected chi connectivity index (χ3v) is 2.63. The Hall–Kier alpha value is -1.86. The maximum absolute atomic E-state index is 10.1. The summed E-state index contributed by atoms with van der Waals surface area (Å²) in [5.74, 6) is 0.477. The van der Waals surface area contributed by atoms with Crippen molar-refractivity contribution in [1.29, 1.82) is 0 Å². The first-order valence-electron chi connectivity index (χ1n) is 5.39. The molecule has 3 nitrogen and oxygen atoms in total. The minimum atomic E-state index is 0.0362. The summed E-state index contributed by atoms with van der Waals surface area (Å²) in [5, 5.41) is 20.0. The van der Waals surface area contributed by atoms with Gasteiger partial charge in [-0.05, 0) is 39.3 Å². The van der Waals surface area contributed by atoms with Crippen molar-refractivity contribution < 1.29 is 14.9 Å². The van der Waals surface area contributed by atoms with Crippen LogP contribution in [0.1, 0.15) is 30.5 Å². The number of phenolic OH excluding ortho intramolecular Hbond substituents is 2. The van der Waals surface area contributed by atoms with Crippen LogP contribution in [0.25, 0.3) is 6.08 Å². The van der Waals surface area contributed by atoms with Gasteiger partial charge < -0.3 is 14.9 Å². The SMILES string of the molecule is COc1c(C)c(O)c(C)c(C=C=C(C)C)c1O. The predicted molar refractivity (Wildman–Crippen MR) is 68.6 cm³/mol. The quantitative estimate of drug-likeness (QED) is 0.609. The molecule has 1 rings (SSSR count). The molecule has 0 amide bonds. The van der Waals surface area contributed by atoms with Gasteiger partial charge in [0.25, 0.3) is 0 Å². The lowest BCUT2D eigenvalue weighted by Gasteiger charge is -2.14. The van der Waals surface area contributed by atoms with Crippen LogP contribution < -0.4 is 4.74 Å². The predicted octanol–water partition coefficient (Wildman–Crippen LogP) is 3.30. The maximum Gasteiger partial charge on any atom is 0.167 e. The largest absolute Gasteiger partial charge is 0.507 e. The van der Waals surface area contributed by atoms with E-state index in [1.165, 1.54) is 7.11 Å². The molecule has 0 spiro atoms. The Balaban J connectivity index is 3.62. The standard InChI is InChI=1S/C14H18O3/c1-8(2)6-7-11-9(3)12(15)10(4)14(17-5)13(11)16/h7,15-16H,1-5H3. The van der Waals surface area contributed by atoms with Gasteiger partial charge in [0, 0.05) is 16.7 Å². The third-order valence-electron chi connectivity index (χ3n) is 2.63. The average molecular weight is 234 g/mol. The molecule has 3 heteroatoms. The topological polar surface area (TPSA) is 49.7 Å². The lowest BCUT2D eigenvalue weighted by atomic mass is 10.0. The Morgan fingerprint density at radius 1 is 1.12 bits per heavy atom. The Morgan fingerprint density at radius 2 is 1.71 bits per heavy atom. The molecule has 0 atom stereocenters. The smallest absolute Gasteiger partial charge is 0.167 e. The second-order valence-electron chi connectivity index (χ2n) is 4.18. The van der Waals surface area contributed by atoms with Gasteiger partial charge in [-0.25, -0.2) is 0 Å². The average Bonchev–Trinajstić information content (AvgIpc) is 2.26. The van der Waals surface area contributed by atoms with E-state index in [1.807, 2.05) is 13.8 Å². The van der Waals surface area contributed by atoms with Gasteiger partial charge in [0.05, 0.1) is 7.11 Å². The summed E-state index contributed by atoms with van der Waals surface area (Å²) in [6, 6.07) is 0. The molecule has 0 aromatic heterocycles. The van der Waals surface area contributed by atoms with Gasteiger partial charge in [0.1, 0.15) is 5.75 Å². The van der Waals surface area contributed by atoms with Gasteiger partial charge in [-0.3, -0.25) is 0 Å². The first-order chi connectivity index (χ1) is 7.90. The van der Waals surface area contributed by atoms with Gasteiger partial charge in [0.15, 0.2) is 11.5 Å². The summed E-state index contributed by atoms with van der Waals surface area (Å²) in [6.45, 7) is 7.28. The van der Waals surface area contributed by atoms with Crippen molar-refractivity contribution >= 4 is 6.08 Å². The van der Waals surface area contributed by atoms with Crippen molar-refractivity contribution in [3.63, 3.8) is 0 Å². The van der Waals surface area contributed by atoms with Gasteiger partial charge in [0.2, 0.25) is 0 Å². The molecule has 1 aromatic rings. The van der Waals surface area contributed by atoms with E-state index in [0.29, 0.717) is 22.4 Å². The Labute approximate surface area is 102 Å². The van der Waals surface area contributed by atoms with Crippen molar-refractivity contribution in [2.75, 3.05) is 7.11 Å². The van der Waals surface area contributed by atoms with E-state index >= 15 is 0 Å². The Morgan fingerprint density at radius 3 is 2.18 bits per heavy atom. The van der Waals surface area contributed by atoms with E-state index in [0.717, 1.165) is 5.57 Å². The summed E-state index contributed by atoms with van der Waals surface area (Å²) < 4.78 is 5.09. The molecule has 0 aliphatic heterocycles. The molecule has 0 unspecified atom stereocenters. The number of ether oxygens (including phenoxy) is 1. The van der Waals surface area contributed by atoms with E-state index in [4.69, 9.17) is 4.74 Å². The summed E-state index contributed by atoms with van der Waals surface area (Å²) in [7, 11) is 1.46. The fraction of sp³-hybridized carbons (Fsp3) is 0.357. The lowest BCUT2D eigenvalue weighted by Crippen LogP contribution is -1.94. The highest BCUT2D eigenvalue weighted by Gasteiger charge is 2.17. The lowest BCUT2D eigenvalue weighted by molar-refractivity contribution is 0.363. The minimum Gasteiger partial charge on any atom is -0.507 e. The first kappa shape index (κ1) is 13.2. The van der Waals surface area contributed by atoms with Crippen LogP contribution in [-0.4, -0.2) is 17.3 Å². The summed E-state index contributed by atoms with van der Waals surface area (Å²) in [6.07, 6.45) is 1.65. The molecule has 1 aromatic carbocycles. The molecule has 0 fully saturated rings. The molecular formula is C14H18O3. The van der Waals surface area contributed by atoms with Crippen LogP contribution in [0.5, 0.6) is 17.2 Å². The van der Waals surface area contributed by atoms with E-state index in [1.54, 1.807) is 19.9 Å². The minimum absolute atomic E-state index is 0.0362. The van der Waals surface area contributed by atoms with Crippen LogP contribution in [0.3, 0.4) is 0 Å². The van der Waals surface area contributed by atoms with Crippen LogP contribution in [0.15, 0.2) is 11.3 Å². The molecule has 92 valence electrons. The van der Waals surface area contributed by atoms with E-state index in [2.05, 4.69) is 5.73 Å². The van der Waals surface area contributed by atoms with Gasteiger partial charge in [-0.15, -0.1) is 5.73 Å². The molecule has 0 heterocycles. The number of hydrogen-bond donors (Lipinski definition) is 2. The molecule has 0 saturated carbocycles. The highest BCUT2D eigenvalue weighted by atomic mass is 16.5. The number of phenols is 2. The molecule has 17 heavy (non-hydrogen) atoms.